The first kappa shape index (κ1) is 14.9. The molecule has 1 aromatic carbocycles. The van der Waals surface area contributed by atoms with Gasteiger partial charge >= 0.3 is 0 Å². The van der Waals surface area contributed by atoms with E-state index in [9.17, 15) is 4.79 Å². The highest BCUT2D eigenvalue weighted by atomic mass is 16.5. The zero-order valence-electron chi connectivity index (χ0n) is 11.9. The number of hydrogen-bond acceptors (Lipinski definition) is 2. The van der Waals surface area contributed by atoms with E-state index in [4.69, 9.17) is 4.74 Å². The Balaban J connectivity index is 2.41. The van der Waals surface area contributed by atoms with E-state index in [2.05, 4.69) is 12.1 Å². The molecule has 0 radical (unpaired) electrons. The van der Waals surface area contributed by atoms with Crippen LogP contribution in [0.5, 0.6) is 0 Å². The van der Waals surface area contributed by atoms with Gasteiger partial charge in [0.2, 0.25) is 0 Å². The van der Waals surface area contributed by atoms with Gasteiger partial charge in [-0.3, -0.25) is 4.79 Å². The second-order valence-corrected chi connectivity index (χ2v) is 5.79. The predicted octanol–water partition coefficient (Wildman–Crippen LogP) is 3.64. The van der Waals surface area contributed by atoms with Crippen LogP contribution in [-0.4, -0.2) is 19.0 Å². The number of benzene rings is 1. The van der Waals surface area contributed by atoms with Gasteiger partial charge in [-0.1, -0.05) is 51.1 Å². The maximum Gasteiger partial charge on any atom is 0.162 e. The molecule has 0 aromatic heterocycles. The Morgan fingerprint density at radius 1 is 1.22 bits per heavy atom. The summed E-state index contributed by atoms with van der Waals surface area (Å²) in [6.07, 6.45) is 2.13. The van der Waals surface area contributed by atoms with Crippen LogP contribution in [0.2, 0.25) is 0 Å². The maximum atomic E-state index is 12.1. The summed E-state index contributed by atoms with van der Waals surface area (Å²) in [6.45, 7) is 6.11. The summed E-state index contributed by atoms with van der Waals surface area (Å²) in [5, 5.41) is 0. The molecule has 100 valence electrons. The number of ketones is 1. The number of carbonyl (C=O) groups excluding carboxylic acids is 1. The van der Waals surface area contributed by atoms with Crippen LogP contribution >= 0.6 is 0 Å². The lowest BCUT2D eigenvalue weighted by atomic mass is 9.85. The van der Waals surface area contributed by atoms with E-state index in [1.54, 1.807) is 7.11 Å². The molecule has 1 aromatic rings. The van der Waals surface area contributed by atoms with E-state index < -0.39 is 0 Å². The molecule has 0 saturated carbocycles. The average Bonchev–Trinajstić information content (AvgIpc) is 2.29. The molecule has 1 atom stereocenters. The number of methoxy groups -OCH3 is 1. The van der Waals surface area contributed by atoms with Crippen molar-refractivity contribution in [3.8, 4) is 0 Å². The molecule has 0 aliphatic rings. The van der Waals surface area contributed by atoms with Gasteiger partial charge < -0.3 is 4.74 Å². The first-order chi connectivity index (χ1) is 8.45. The Labute approximate surface area is 110 Å². The van der Waals surface area contributed by atoms with Gasteiger partial charge in [0.05, 0.1) is 0 Å². The van der Waals surface area contributed by atoms with Crippen molar-refractivity contribution in [1.29, 1.82) is 0 Å². The minimum atomic E-state index is -0.298. The Bertz CT molecular complexity index is 362. The molecule has 0 fully saturated rings. The van der Waals surface area contributed by atoms with Crippen LogP contribution in [-0.2, 0) is 16.0 Å². The maximum absolute atomic E-state index is 12.1. The minimum absolute atomic E-state index is 0.126. The van der Waals surface area contributed by atoms with Crippen molar-refractivity contribution in [1.82, 2.24) is 0 Å². The summed E-state index contributed by atoms with van der Waals surface area (Å²) in [4.78, 5) is 12.1. The van der Waals surface area contributed by atoms with Gasteiger partial charge in [-0.2, -0.15) is 0 Å². The Kier molecular flexibility index (Phi) is 5.54. The number of aryl methyl sites for hydroxylation is 1. The third-order valence-corrected chi connectivity index (χ3v) is 3.05. The average molecular weight is 248 g/mol. The predicted molar refractivity (Wildman–Crippen MR) is 74.6 cm³/mol. The fraction of sp³-hybridized carbons (Fsp3) is 0.562. The van der Waals surface area contributed by atoms with Gasteiger partial charge in [-0.05, 0) is 23.8 Å². The summed E-state index contributed by atoms with van der Waals surface area (Å²) < 4.78 is 5.33. The highest BCUT2D eigenvalue weighted by molar-refractivity contribution is 5.83. The van der Waals surface area contributed by atoms with E-state index in [1.807, 2.05) is 39.0 Å². The lowest BCUT2D eigenvalue weighted by molar-refractivity contribution is -0.135. The number of hydrogen-bond donors (Lipinski definition) is 0. The SMILES string of the molecule is COC(C(=O)CCCc1ccccc1)C(C)(C)C. The molecule has 0 N–H and O–H groups in total. The van der Waals surface area contributed by atoms with Crippen LogP contribution in [0.3, 0.4) is 0 Å². The number of Topliss-reactive ketones (excluding diaryl/α,β-unsaturated/α-hetero) is 1. The van der Waals surface area contributed by atoms with Crippen LogP contribution in [0.25, 0.3) is 0 Å². The molecule has 2 nitrogen and oxygen atoms in total. The van der Waals surface area contributed by atoms with Gasteiger partial charge in [0.15, 0.2) is 5.78 Å². The Morgan fingerprint density at radius 3 is 2.33 bits per heavy atom. The lowest BCUT2D eigenvalue weighted by Crippen LogP contribution is -2.36. The van der Waals surface area contributed by atoms with Crippen molar-refractivity contribution >= 4 is 5.78 Å². The quantitative estimate of drug-likeness (QED) is 0.768. The van der Waals surface area contributed by atoms with Gasteiger partial charge in [-0.15, -0.1) is 0 Å². The molecule has 1 unspecified atom stereocenters. The molecule has 2 heteroatoms. The highest BCUT2D eigenvalue weighted by Gasteiger charge is 2.30. The summed E-state index contributed by atoms with van der Waals surface area (Å²) in [6, 6.07) is 10.3. The molecule has 0 aliphatic heterocycles. The summed E-state index contributed by atoms with van der Waals surface area (Å²) in [5.41, 5.74) is 1.16. The van der Waals surface area contributed by atoms with Crippen molar-refractivity contribution in [2.24, 2.45) is 5.41 Å². The normalized spacial score (nSPS) is 13.3. The van der Waals surface area contributed by atoms with Crippen LogP contribution in [0.4, 0.5) is 0 Å². The van der Waals surface area contributed by atoms with E-state index in [1.165, 1.54) is 5.56 Å². The Morgan fingerprint density at radius 2 is 1.83 bits per heavy atom. The summed E-state index contributed by atoms with van der Waals surface area (Å²) in [7, 11) is 1.62. The molecule has 0 heterocycles. The van der Waals surface area contributed by atoms with E-state index in [-0.39, 0.29) is 17.3 Å². The molecule has 0 saturated heterocycles. The molecular weight excluding hydrogens is 224 g/mol. The molecule has 1 rings (SSSR count). The first-order valence-electron chi connectivity index (χ1n) is 6.54. The van der Waals surface area contributed by atoms with Crippen molar-refractivity contribution in [3.63, 3.8) is 0 Å². The topological polar surface area (TPSA) is 26.3 Å². The van der Waals surface area contributed by atoms with Gasteiger partial charge in [-0.25, -0.2) is 0 Å². The lowest BCUT2D eigenvalue weighted by Gasteiger charge is -2.28. The molecule has 0 bridgehead atoms. The third-order valence-electron chi connectivity index (χ3n) is 3.05. The van der Waals surface area contributed by atoms with E-state index >= 15 is 0 Å². The van der Waals surface area contributed by atoms with Crippen LogP contribution < -0.4 is 0 Å². The minimum Gasteiger partial charge on any atom is -0.373 e. The second kappa shape index (κ2) is 6.69. The van der Waals surface area contributed by atoms with Crippen molar-refractivity contribution < 1.29 is 9.53 Å². The van der Waals surface area contributed by atoms with Crippen molar-refractivity contribution in [2.45, 2.75) is 46.1 Å². The zero-order valence-corrected chi connectivity index (χ0v) is 11.9. The van der Waals surface area contributed by atoms with Crippen molar-refractivity contribution in [3.05, 3.63) is 35.9 Å². The highest BCUT2D eigenvalue weighted by Crippen LogP contribution is 2.24. The number of rotatable bonds is 6. The van der Waals surface area contributed by atoms with Crippen LogP contribution in [0.1, 0.15) is 39.2 Å². The fourth-order valence-electron chi connectivity index (χ4n) is 2.21. The summed E-state index contributed by atoms with van der Waals surface area (Å²) >= 11 is 0. The van der Waals surface area contributed by atoms with Gasteiger partial charge in [0, 0.05) is 13.5 Å². The standard InChI is InChI=1S/C16H24O2/c1-16(2,3)15(18-4)14(17)12-8-11-13-9-6-5-7-10-13/h5-7,9-10,15H,8,11-12H2,1-4H3. The molecule has 0 spiro atoms. The molecule has 18 heavy (non-hydrogen) atoms. The number of ether oxygens (including phenoxy) is 1. The van der Waals surface area contributed by atoms with Gasteiger partial charge in [0.1, 0.15) is 6.10 Å². The van der Waals surface area contributed by atoms with E-state index in [0.29, 0.717) is 6.42 Å². The largest absolute Gasteiger partial charge is 0.373 e. The summed E-state index contributed by atoms with van der Waals surface area (Å²) in [5.74, 6) is 0.209. The second-order valence-electron chi connectivity index (χ2n) is 5.79. The smallest absolute Gasteiger partial charge is 0.162 e. The van der Waals surface area contributed by atoms with Crippen LogP contribution in [0, 0.1) is 5.41 Å². The molecule has 0 aliphatic carbocycles. The van der Waals surface area contributed by atoms with Crippen molar-refractivity contribution in [2.75, 3.05) is 7.11 Å². The monoisotopic (exact) mass is 248 g/mol. The fourth-order valence-corrected chi connectivity index (χ4v) is 2.21. The first-order valence-corrected chi connectivity index (χ1v) is 6.54. The Hall–Kier alpha value is -1.15. The third kappa shape index (κ3) is 4.61. The number of carbonyl (C=O) groups is 1. The zero-order chi connectivity index (χ0) is 13.6. The van der Waals surface area contributed by atoms with E-state index in [0.717, 1.165) is 12.8 Å². The van der Waals surface area contributed by atoms with Crippen LogP contribution in [0.15, 0.2) is 30.3 Å². The van der Waals surface area contributed by atoms with Gasteiger partial charge in [0.25, 0.3) is 0 Å². The molecular formula is C16H24O2. The molecule has 0 amide bonds.